The Morgan fingerprint density at radius 1 is 1.00 bits per heavy atom. The van der Waals surface area contributed by atoms with Gasteiger partial charge in [-0.3, -0.25) is 9.59 Å². The van der Waals surface area contributed by atoms with E-state index in [0.29, 0.717) is 12.8 Å². The number of nitrogens with one attached hydrogen (secondary N) is 1. The predicted octanol–water partition coefficient (Wildman–Crippen LogP) is 3.86. The Morgan fingerprint density at radius 2 is 1.67 bits per heavy atom. The van der Waals surface area contributed by atoms with E-state index in [0.717, 1.165) is 24.1 Å². The third kappa shape index (κ3) is 3.48. The van der Waals surface area contributed by atoms with Crippen LogP contribution in [0.15, 0.2) is 54.6 Å². The SMILES string of the molecule is O=C(CC1(C(=O)O)CCC1)Nc1ccccc1Cc1ccccc1. The lowest BCUT2D eigenvalue weighted by molar-refractivity contribution is -0.157. The highest BCUT2D eigenvalue weighted by Crippen LogP contribution is 2.44. The summed E-state index contributed by atoms with van der Waals surface area (Å²) >= 11 is 0. The molecule has 1 amide bonds. The van der Waals surface area contributed by atoms with Crippen LogP contribution in [0.3, 0.4) is 0 Å². The van der Waals surface area contributed by atoms with Gasteiger partial charge in [0.05, 0.1) is 5.41 Å². The van der Waals surface area contributed by atoms with Crippen LogP contribution in [0.4, 0.5) is 5.69 Å². The van der Waals surface area contributed by atoms with Crippen molar-refractivity contribution in [2.75, 3.05) is 5.32 Å². The smallest absolute Gasteiger partial charge is 0.310 e. The van der Waals surface area contributed by atoms with Crippen LogP contribution in [0, 0.1) is 5.41 Å². The molecule has 2 aromatic rings. The fourth-order valence-electron chi connectivity index (χ4n) is 3.18. The lowest BCUT2D eigenvalue weighted by Gasteiger charge is -2.36. The van der Waals surface area contributed by atoms with Gasteiger partial charge in [0.2, 0.25) is 5.91 Å². The van der Waals surface area contributed by atoms with E-state index in [1.165, 1.54) is 5.56 Å². The zero-order valence-electron chi connectivity index (χ0n) is 13.5. The van der Waals surface area contributed by atoms with Crippen molar-refractivity contribution < 1.29 is 14.7 Å². The number of carbonyl (C=O) groups excluding carboxylic acids is 1. The van der Waals surface area contributed by atoms with Gasteiger partial charge in [-0.15, -0.1) is 0 Å². The number of amides is 1. The Labute approximate surface area is 141 Å². The summed E-state index contributed by atoms with van der Waals surface area (Å²) < 4.78 is 0. The second kappa shape index (κ2) is 6.87. The van der Waals surface area contributed by atoms with Crippen molar-refractivity contribution in [3.8, 4) is 0 Å². The highest BCUT2D eigenvalue weighted by molar-refractivity contribution is 5.95. The molecule has 0 radical (unpaired) electrons. The molecule has 2 aromatic carbocycles. The Morgan fingerprint density at radius 3 is 2.29 bits per heavy atom. The molecule has 1 saturated carbocycles. The third-order valence-corrected chi connectivity index (χ3v) is 4.79. The second-order valence-electron chi connectivity index (χ2n) is 6.48. The molecule has 0 aromatic heterocycles. The average Bonchev–Trinajstić information content (AvgIpc) is 2.53. The molecule has 2 N–H and O–H groups in total. The summed E-state index contributed by atoms with van der Waals surface area (Å²) in [6, 6.07) is 17.7. The summed E-state index contributed by atoms with van der Waals surface area (Å²) in [4.78, 5) is 23.8. The topological polar surface area (TPSA) is 66.4 Å². The van der Waals surface area contributed by atoms with Crippen LogP contribution in [0.5, 0.6) is 0 Å². The lowest BCUT2D eigenvalue weighted by atomic mass is 9.66. The van der Waals surface area contributed by atoms with Gasteiger partial charge >= 0.3 is 5.97 Å². The molecule has 124 valence electrons. The number of hydrogen-bond acceptors (Lipinski definition) is 2. The zero-order chi connectivity index (χ0) is 17.0. The number of carboxylic acids is 1. The molecule has 1 aliphatic rings. The normalized spacial score (nSPS) is 15.3. The molecule has 24 heavy (non-hydrogen) atoms. The van der Waals surface area contributed by atoms with Crippen molar-refractivity contribution >= 4 is 17.6 Å². The van der Waals surface area contributed by atoms with E-state index in [2.05, 4.69) is 5.32 Å². The standard InChI is InChI=1S/C20H21NO3/c22-18(14-20(19(23)24)11-6-12-20)21-17-10-5-4-9-16(17)13-15-7-2-1-3-8-15/h1-5,7-10H,6,11-14H2,(H,21,22)(H,23,24). The van der Waals surface area contributed by atoms with Crippen LogP contribution in [0.25, 0.3) is 0 Å². The van der Waals surface area contributed by atoms with Gasteiger partial charge in [-0.05, 0) is 36.5 Å². The summed E-state index contributed by atoms with van der Waals surface area (Å²) in [6.07, 6.45) is 2.82. The molecule has 0 atom stereocenters. The van der Waals surface area contributed by atoms with Crippen molar-refractivity contribution in [1.82, 2.24) is 0 Å². The molecule has 4 nitrogen and oxygen atoms in total. The number of para-hydroxylation sites is 1. The first-order chi connectivity index (χ1) is 11.6. The van der Waals surface area contributed by atoms with Gasteiger partial charge in [-0.1, -0.05) is 55.0 Å². The minimum atomic E-state index is -0.863. The molecule has 0 bridgehead atoms. The largest absolute Gasteiger partial charge is 0.481 e. The van der Waals surface area contributed by atoms with Gasteiger partial charge in [0.15, 0.2) is 0 Å². The first-order valence-electron chi connectivity index (χ1n) is 8.24. The Hall–Kier alpha value is -2.62. The number of benzene rings is 2. The van der Waals surface area contributed by atoms with E-state index < -0.39 is 11.4 Å². The zero-order valence-corrected chi connectivity index (χ0v) is 13.5. The van der Waals surface area contributed by atoms with E-state index in [1.54, 1.807) is 0 Å². The maximum absolute atomic E-state index is 12.4. The fourth-order valence-corrected chi connectivity index (χ4v) is 3.18. The molecule has 1 aliphatic carbocycles. The number of anilines is 1. The fraction of sp³-hybridized carbons (Fsp3) is 0.300. The molecule has 3 rings (SSSR count). The van der Waals surface area contributed by atoms with Crippen molar-refractivity contribution in [2.45, 2.75) is 32.1 Å². The number of carboxylic acid groups (broad SMARTS) is 1. The van der Waals surface area contributed by atoms with Crippen LogP contribution < -0.4 is 5.32 Å². The van der Waals surface area contributed by atoms with Crippen LogP contribution in [-0.2, 0) is 16.0 Å². The monoisotopic (exact) mass is 323 g/mol. The highest BCUT2D eigenvalue weighted by atomic mass is 16.4. The summed E-state index contributed by atoms with van der Waals surface area (Å²) in [6.45, 7) is 0. The maximum Gasteiger partial charge on any atom is 0.310 e. The number of aliphatic carboxylic acids is 1. The average molecular weight is 323 g/mol. The van der Waals surface area contributed by atoms with Crippen LogP contribution in [-0.4, -0.2) is 17.0 Å². The minimum Gasteiger partial charge on any atom is -0.481 e. The molecule has 0 aliphatic heterocycles. The van der Waals surface area contributed by atoms with E-state index >= 15 is 0 Å². The van der Waals surface area contributed by atoms with E-state index in [4.69, 9.17) is 0 Å². The first kappa shape index (κ1) is 16.2. The molecule has 4 heteroatoms. The molecule has 0 heterocycles. The van der Waals surface area contributed by atoms with Gasteiger partial charge in [0, 0.05) is 12.1 Å². The van der Waals surface area contributed by atoms with Crippen LogP contribution in [0.1, 0.15) is 36.8 Å². The Bertz CT molecular complexity index is 736. The Kier molecular flexibility index (Phi) is 4.65. The van der Waals surface area contributed by atoms with Gasteiger partial charge < -0.3 is 10.4 Å². The van der Waals surface area contributed by atoms with Gasteiger partial charge in [0.1, 0.15) is 0 Å². The van der Waals surface area contributed by atoms with Crippen molar-refractivity contribution in [3.63, 3.8) is 0 Å². The van der Waals surface area contributed by atoms with E-state index in [9.17, 15) is 14.7 Å². The third-order valence-electron chi connectivity index (χ3n) is 4.79. The molecule has 0 unspecified atom stereocenters. The highest BCUT2D eigenvalue weighted by Gasteiger charge is 2.45. The number of carbonyl (C=O) groups is 2. The maximum atomic E-state index is 12.4. The molecule has 0 saturated heterocycles. The van der Waals surface area contributed by atoms with E-state index in [1.807, 2.05) is 54.6 Å². The quantitative estimate of drug-likeness (QED) is 0.848. The lowest BCUT2D eigenvalue weighted by Crippen LogP contribution is -2.41. The minimum absolute atomic E-state index is 0.0437. The first-order valence-corrected chi connectivity index (χ1v) is 8.24. The summed E-state index contributed by atoms with van der Waals surface area (Å²) in [5.74, 6) is -1.08. The van der Waals surface area contributed by atoms with Gasteiger partial charge in [-0.25, -0.2) is 0 Å². The number of rotatable bonds is 6. The van der Waals surface area contributed by atoms with Crippen molar-refractivity contribution in [3.05, 3.63) is 65.7 Å². The number of hydrogen-bond donors (Lipinski definition) is 2. The van der Waals surface area contributed by atoms with Crippen molar-refractivity contribution in [1.29, 1.82) is 0 Å². The van der Waals surface area contributed by atoms with E-state index in [-0.39, 0.29) is 12.3 Å². The van der Waals surface area contributed by atoms with Crippen LogP contribution >= 0.6 is 0 Å². The summed E-state index contributed by atoms with van der Waals surface area (Å²) in [5, 5.41) is 12.3. The predicted molar refractivity (Wildman–Crippen MR) is 92.9 cm³/mol. The van der Waals surface area contributed by atoms with Gasteiger partial charge in [-0.2, -0.15) is 0 Å². The van der Waals surface area contributed by atoms with Crippen molar-refractivity contribution in [2.24, 2.45) is 5.41 Å². The Balaban J connectivity index is 1.71. The van der Waals surface area contributed by atoms with Gasteiger partial charge in [0.25, 0.3) is 0 Å². The molecular formula is C20H21NO3. The summed E-state index contributed by atoms with van der Waals surface area (Å²) in [5.41, 5.74) is 2.08. The molecule has 1 fully saturated rings. The molecular weight excluding hydrogens is 302 g/mol. The van der Waals surface area contributed by atoms with Crippen LogP contribution in [0.2, 0.25) is 0 Å². The summed E-state index contributed by atoms with van der Waals surface area (Å²) in [7, 11) is 0. The second-order valence-corrected chi connectivity index (χ2v) is 6.48. The molecule has 0 spiro atoms.